The zero-order valence-corrected chi connectivity index (χ0v) is 16.4. The molecule has 1 aliphatic rings. The largest absolute Gasteiger partial charge is 0.506 e. The van der Waals surface area contributed by atoms with Gasteiger partial charge in [-0.15, -0.1) is 0 Å². The Bertz CT molecular complexity index is 917. The fourth-order valence-electron chi connectivity index (χ4n) is 2.27. The summed E-state index contributed by atoms with van der Waals surface area (Å²) in [5.41, 5.74) is 1.03. The van der Waals surface area contributed by atoms with Crippen molar-refractivity contribution in [3.63, 3.8) is 0 Å². The summed E-state index contributed by atoms with van der Waals surface area (Å²) in [5, 5.41) is 10.3. The van der Waals surface area contributed by atoms with Gasteiger partial charge in [-0.2, -0.15) is 0 Å². The highest BCUT2D eigenvalue weighted by molar-refractivity contribution is 9.10. The number of carbonyl (C=O) groups excluding carboxylic acids is 2. The van der Waals surface area contributed by atoms with Crippen LogP contribution in [-0.4, -0.2) is 21.2 Å². The standard InChI is InChI=1S/C17H10BrCl2NO3S/c18-11-5-10(15(22)13(20)7-11)6-14-16(23)21(17(24)25-14)8-9-3-1-2-4-12(9)19/h1-7,22H,8H2/b14-6-. The zero-order chi connectivity index (χ0) is 18.1. The summed E-state index contributed by atoms with van der Waals surface area (Å²) in [6, 6.07) is 10.2. The molecule has 8 heteroatoms. The van der Waals surface area contributed by atoms with Crippen LogP contribution in [0.2, 0.25) is 10.0 Å². The number of phenolic OH excluding ortho intramolecular Hbond substituents is 1. The fourth-order valence-corrected chi connectivity index (χ4v) is 4.13. The first-order valence-corrected chi connectivity index (χ1v) is 9.40. The van der Waals surface area contributed by atoms with E-state index in [9.17, 15) is 14.7 Å². The molecule has 1 N–H and O–H groups in total. The second-order valence-corrected chi connectivity index (χ2v) is 7.91. The smallest absolute Gasteiger partial charge is 0.293 e. The molecule has 0 spiro atoms. The molecular weight excluding hydrogens is 449 g/mol. The summed E-state index contributed by atoms with van der Waals surface area (Å²) in [5.74, 6) is -0.590. The molecular formula is C17H10BrCl2NO3S. The molecule has 0 bridgehead atoms. The number of aromatic hydroxyl groups is 1. The number of nitrogens with zero attached hydrogens (tertiary/aromatic N) is 1. The average molecular weight is 459 g/mol. The van der Waals surface area contributed by atoms with Gasteiger partial charge in [0.05, 0.1) is 16.5 Å². The van der Waals surface area contributed by atoms with Crippen LogP contribution < -0.4 is 0 Å². The van der Waals surface area contributed by atoms with E-state index < -0.39 is 11.1 Å². The average Bonchev–Trinajstić information content (AvgIpc) is 2.81. The highest BCUT2D eigenvalue weighted by atomic mass is 79.9. The summed E-state index contributed by atoms with van der Waals surface area (Å²) < 4.78 is 0.650. The van der Waals surface area contributed by atoms with Crippen LogP contribution in [0, 0.1) is 0 Å². The Hall–Kier alpha value is -1.47. The van der Waals surface area contributed by atoms with Gasteiger partial charge in [-0.05, 0) is 41.6 Å². The van der Waals surface area contributed by atoms with Gasteiger partial charge in [0, 0.05) is 15.1 Å². The molecule has 0 saturated carbocycles. The van der Waals surface area contributed by atoms with Crippen LogP contribution in [0.4, 0.5) is 4.79 Å². The maximum Gasteiger partial charge on any atom is 0.293 e. The molecule has 2 aromatic rings. The summed E-state index contributed by atoms with van der Waals surface area (Å²) in [4.78, 5) is 26.1. The van der Waals surface area contributed by atoms with Gasteiger partial charge >= 0.3 is 0 Å². The maximum atomic E-state index is 12.6. The summed E-state index contributed by atoms with van der Waals surface area (Å²) in [7, 11) is 0. The Kier molecular flexibility index (Phi) is 5.43. The lowest BCUT2D eigenvalue weighted by molar-refractivity contribution is -0.123. The molecule has 25 heavy (non-hydrogen) atoms. The molecule has 0 radical (unpaired) electrons. The Labute approximate surface area is 166 Å². The topological polar surface area (TPSA) is 57.6 Å². The number of benzene rings is 2. The lowest BCUT2D eigenvalue weighted by Gasteiger charge is -2.13. The number of thioether (sulfide) groups is 1. The fraction of sp³-hybridized carbons (Fsp3) is 0.0588. The van der Waals surface area contributed by atoms with Crippen molar-refractivity contribution in [1.82, 2.24) is 4.90 Å². The minimum absolute atomic E-state index is 0.0902. The van der Waals surface area contributed by atoms with Crippen molar-refractivity contribution in [2.75, 3.05) is 0 Å². The maximum absolute atomic E-state index is 12.6. The lowest BCUT2D eigenvalue weighted by atomic mass is 10.1. The molecule has 1 fully saturated rings. The van der Waals surface area contributed by atoms with E-state index in [4.69, 9.17) is 23.2 Å². The molecule has 1 heterocycles. The van der Waals surface area contributed by atoms with E-state index >= 15 is 0 Å². The molecule has 3 rings (SSSR count). The number of halogens is 3. The molecule has 4 nitrogen and oxygen atoms in total. The van der Waals surface area contributed by atoms with Crippen molar-refractivity contribution >= 4 is 68.1 Å². The van der Waals surface area contributed by atoms with E-state index in [1.54, 1.807) is 30.3 Å². The quantitative estimate of drug-likeness (QED) is 0.599. The number of carbonyl (C=O) groups is 2. The van der Waals surface area contributed by atoms with Crippen LogP contribution in [0.3, 0.4) is 0 Å². The summed E-state index contributed by atoms with van der Waals surface area (Å²) in [6.45, 7) is 0.0902. The summed E-state index contributed by atoms with van der Waals surface area (Å²) >= 11 is 16.1. The molecule has 0 aromatic heterocycles. The third-order valence-corrected chi connectivity index (χ3v) is 5.53. The van der Waals surface area contributed by atoms with Crippen LogP contribution in [0.5, 0.6) is 5.75 Å². The minimum atomic E-state index is -0.439. The highest BCUT2D eigenvalue weighted by Gasteiger charge is 2.35. The van der Waals surface area contributed by atoms with Gasteiger partial charge in [0.15, 0.2) is 0 Å². The second-order valence-electron chi connectivity index (χ2n) is 5.18. The van der Waals surface area contributed by atoms with Crippen molar-refractivity contribution < 1.29 is 14.7 Å². The Morgan fingerprint density at radius 3 is 2.60 bits per heavy atom. The van der Waals surface area contributed by atoms with Gasteiger partial charge < -0.3 is 5.11 Å². The molecule has 0 unspecified atom stereocenters. The number of imide groups is 1. The van der Waals surface area contributed by atoms with Crippen molar-refractivity contribution in [2.24, 2.45) is 0 Å². The molecule has 0 atom stereocenters. The van der Waals surface area contributed by atoms with E-state index in [1.165, 1.54) is 12.1 Å². The van der Waals surface area contributed by atoms with Gasteiger partial charge in [-0.1, -0.05) is 57.3 Å². The molecule has 0 aliphatic carbocycles. The van der Waals surface area contributed by atoms with E-state index in [1.807, 2.05) is 0 Å². The second kappa shape index (κ2) is 7.41. The first-order valence-electron chi connectivity index (χ1n) is 7.03. The zero-order valence-electron chi connectivity index (χ0n) is 12.5. The Balaban J connectivity index is 1.90. The van der Waals surface area contributed by atoms with Crippen LogP contribution >= 0.6 is 50.9 Å². The Morgan fingerprint density at radius 2 is 1.88 bits per heavy atom. The molecule has 1 saturated heterocycles. The lowest BCUT2D eigenvalue weighted by Crippen LogP contribution is -2.27. The summed E-state index contributed by atoms with van der Waals surface area (Å²) in [6.07, 6.45) is 1.45. The van der Waals surface area contributed by atoms with Crippen LogP contribution in [-0.2, 0) is 11.3 Å². The number of hydrogen-bond acceptors (Lipinski definition) is 4. The Morgan fingerprint density at radius 1 is 1.16 bits per heavy atom. The van der Waals surface area contributed by atoms with Crippen LogP contribution in [0.25, 0.3) is 6.08 Å². The first kappa shape index (κ1) is 18.3. The molecule has 1 aliphatic heterocycles. The van der Waals surface area contributed by atoms with Gasteiger partial charge in [0.2, 0.25) is 0 Å². The van der Waals surface area contributed by atoms with E-state index in [0.717, 1.165) is 16.7 Å². The van der Waals surface area contributed by atoms with Gasteiger partial charge in [-0.25, -0.2) is 0 Å². The van der Waals surface area contributed by atoms with E-state index in [0.29, 0.717) is 20.6 Å². The third kappa shape index (κ3) is 3.87. The number of phenols is 1. The monoisotopic (exact) mass is 457 g/mol. The molecule has 2 aromatic carbocycles. The SMILES string of the molecule is O=C1S/C(=C\c2cc(Br)cc(Cl)c2O)C(=O)N1Cc1ccccc1Cl. The highest BCUT2D eigenvalue weighted by Crippen LogP contribution is 2.38. The number of amides is 2. The van der Waals surface area contributed by atoms with E-state index in [-0.39, 0.29) is 22.2 Å². The van der Waals surface area contributed by atoms with Crippen molar-refractivity contribution in [3.05, 3.63) is 66.9 Å². The van der Waals surface area contributed by atoms with E-state index in [2.05, 4.69) is 15.9 Å². The van der Waals surface area contributed by atoms with Crippen molar-refractivity contribution in [2.45, 2.75) is 6.54 Å². The van der Waals surface area contributed by atoms with Gasteiger partial charge in [0.1, 0.15) is 5.75 Å². The first-order chi connectivity index (χ1) is 11.9. The normalized spacial score (nSPS) is 16.1. The van der Waals surface area contributed by atoms with Gasteiger partial charge in [-0.3, -0.25) is 14.5 Å². The van der Waals surface area contributed by atoms with Crippen molar-refractivity contribution in [1.29, 1.82) is 0 Å². The molecule has 128 valence electrons. The predicted octanol–water partition coefficient (Wildman–Crippen LogP) is 5.70. The minimum Gasteiger partial charge on any atom is -0.506 e. The van der Waals surface area contributed by atoms with Gasteiger partial charge in [0.25, 0.3) is 11.1 Å². The van der Waals surface area contributed by atoms with Crippen LogP contribution in [0.1, 0.15) is 11.1 Å². The number of hydrogen-bond donors (Lipinski definition) is 1. The number of rotatable bonds is 3. The van der Waals surface area contributed by atoms with Crippen LogP contribution in [0.15, 0.2) is 45.8 Å². The third-order valence-electron chi connectivity index (χ3n) is 3.50. The molecule has 2 amide bonds. The van der Waals surface area contributed by atoms with Crippen molar-refractivity contribution in [3.8, 4) is 5.75 Å². The predicted molar refractivity (Wildman–Crippen MR) is 104 cm³/mol.